The molecule has 1 atom stereocenters. The van der Waals surface area contributed by atoms with Crippen LogP contribution in [0, 0.1) is 0 Å². The molecule has 24 heavy (non-hydrogen) atoms. The topological polar surface area (TPSA) is 66.6 Å². The lowest BCUT2D eigenvalue weighted by atomic mass is 10.1. The number of nitrogens with one attached hydrogen (secondary N) is 1. The highest BCUT2D eigenvalue weighted by Crippen LogP contribution is 2.35. The average molecular weight is 337 g/mol. The van der Waals surface area contributed by atoms with Gasteiger partial charge in [0.1, 0.15) is 0 Å². The first-order valence-electron chi connectivity index (χ1n) is 7.55. The van der Waals surface area contributed by atoms with Crippen molar-refractivity contribution >= 4 is 32.4 Å². The number of nitrogens with zero attached hydrogens (tertiary/aromatic N) is 2. The molecule has 4 rings (SSSR count). The van der Waals surface area contributed by atoms with Crippen LogP contribution >= 0.6 is 11.3 Å². The van der Waals surface area contributed by atoms with Gasteiger partial charge in [-0.05, 0) is 12.1 Å². The average Bonchev–Trinajstić information content (AvgIpc) is 3.17. The maximum absolute atomic E-state index is 12.1. The zero-order valence-electron chi connectivity index (χ0n) is 12.9. The van der Waals surface area contributed by atoms with Crippen molar-refractivity contribution in [3.8, 4) is 11.3 Å². The first-order valence-corrected chi connectivity index (χ1v) is 8.37. The lowest BCUT2D eigenvalue weighted by Crippen LogP contribution is -2.26. The molecule has 0 fully saturated rings. The van der Waals surface area contributed by atoms with Crippen LogP contribution in [0.25, 0.3) is 26.4 Å². The van der Waals surface area contributed by atoms with Crippen molar-refractivity contribution in [2.45, 2.75) is 6.10 Å². The van der Waals surface area contributed by atoms with E-state index in [9.17, 15) is 9.90 Å². The summed E-state index contributed by atoms with van der Waals surface area (Å²) in [5.41, 5.74) is 2.93. The number of aliphatic hydroxyl groups is 1. The number of para-hydroxylation sites is 1. The van der Waals surface area contributed by atoms with E-state index < -0.39 is 12.0 Å². The van der Waals surface area contributed by atoms with Gasteiger partial charge in [-0.15, -0.1) is 0 Å². The van der Waals surface area contributed by atoms with Crippen LogP contribution < -0.4 is 5.32 Å². The van der Waals surface area contributed by atoms with E-state index in [1.165, 1.54) is 18.4 Å². The minimum Gasteiger partial charge on any atom is -0.377 e. The van der Waals surface area contributed by atoms with E-state index in [-0.39, 0.29) is 0 Å². The summed E-state index contributed by atoms with van der Waals surface area (Å²) in [6.07, 6.45) is -1.29. The van der Waals surface area contributed by atoms with E-state index in [2.05, 4.69) is 5.32 Å². The van der Waals surface area contributed by atoms with Gasteiger partial charge in [0.15, 0.2) is 11.1 Å². The first-order chi connectivity index (χ1) is 11.7. The fourth-order valence-electron chi connectivity index (χ4n) is 2.86. The summed E-state index contributed by atoms with van der Waals surface area (Å²) >= 11 is 1.54. The minimum atomic E-state index is -1.29. The molecular weight excluding hydrogens is 322 g/mol. The van der Waals surface area contributed by atoms with Gasteiger partial charge in [0.2, 0.25) is 0 Å². The van der Waals surface area contributed by atoms with Crippen LogP contribution in [0.4, 0.5) is 0 Å². The predicted molar refractivity (Wildman–Crippen MR) is 95.0 cm³/mol. The Kier molecular flexibility index (Phi) is 3.55. The van der Waals surface area contributed by atoms with Crippen LogP contribution in [0.3, 0.4) is 0 Å². The van der Waals surface area contributed by atoms with Crippen LogP contribution in [0.15, 0.2) is 54.6 Å². The smallest absolute Gasteiger partial charge is 0.254 e. The monoisotopic (exact) mass is 337 g/mol. The van der Waals surface area contributed by atoms with Crippen LogP contribution in [0.5, 0.6) is 0 Å². The molecule has 4 aromatic rings. The molecule has 2 aromatic heterocycles. The SMILES string of the molecule is CNC(=O)C(O)c1c(-c2ccccc2)nc2sc3ccccc3n12. The van der Waals surface area contributed by atoms with Crippen LogP contribution in [0.2, 0.25) is 0 Å². The molecule has 0 saturated carbocycles. The van der Waals surface area contributed by atoms with Crippen LogP contribution in [-0.4, -0.2) is 27.4 Å². The van der Waals surface area contributed by atoms with Crippen LogP contribution in [-0.2, 0) is 4.79 Å². The molecule has 0 spiro atoms. The van der Waals surface area contributed by atoms with Crippen molar-refractivity contribution in [2.75, 3.05) is 7.05 Å². The molecule has 0 aliphatic carbocycles. The number of likely N-dealkylation sites (N-methyl/N-ethyl adjacent to an activating group) is 1. The number of hydrogen-bond donors (Lipinski definition) is 2. The molecular formula is C18H15N3O2S. The number of benzene rings is 2. The number of imidazole rings is 1. The molecule has 1 amide bonds. The largest absolute Gasteiger partial charge is 0.377 e. The van der Waals surface area contributed by atoms with Gasteiger partial charge in [-0.25, -0.2) is 4.98 Å². The van der Waals surface area contributed by atoms with Gasteiger partial charge in [-0.1, -0.05) is 53.8 Å². The van der Waals surface area contributed by atoms with Crippen molar-refractivity contribution in [3.63, 3.8) is 0 Å². The Bertz CT molecular complexity index is 1040. The Labute approximate surface area is 142 Å². The second kappa shape index (κ2) is 5.74. The molecule has 1 unspecified atom stereocenters. The summed E-state index contributed by atoms with van der Waals surface area (Å²) in [5, 5.41) is 13.1. The molecule has 6 heteroatoms. The highest BCUT2D eigenvalue weighted by Gasteiger charge is 2.27. The first kappa shape index (κ1) is 14.9. The van der Waals surface area contributed by atoms with Gasteiger partial charge in [-0.2, -0.15) is 0 Å². The Balaban J connectivity index is 2.07. The van der Waals surface area contributed by atoms with E-state index >= 15 is 0 Å². The third kappa shape index (κ3) is 2.19. The Hall–Kier alpha value is -2.70. The molecule has 2 N–H and O–H groups in total. The van der Waals surface area contributed by atoms with Crippen molar-refractivity contribution in [1.82, 2.24) is 14.7 Å². The third-order valence-corrected chi connectivity index (χ3v) is 5.01. The fraction of sp³-hybridized carbons (Fsp3) is 0.111. The van der Waals surface area contributed by atoms with E-state index in [1.54, 1.807) is 0 Å². The number of aliphatic hydroxyl groups excluding tert-OH is 1. The van der Waals surface area contributed by atoms with Crippen molar-refractivity contribution in [2.24, 2.45) is 0 Å². The van der Waals surface area contributed by atoms with Gasteiger partial charge < -0.3 is 10.4 Å². The molecule has 0 bridgehead atoms. The summed E-state index contributed by atoms with van der Waals surface area (Å²) in [6, 6.07) is 17.5. The maximum atomic E-state index is 12.1. The highest BCUT2D eigenvalue weighted by molar-refractivity contribution is 7.23. The molecule has 0 aliphatic heterocycles. The standard InChI is InChI=1S/C18H15N3O2S/c1-19-17(23)16(22)15-14(11-7-3-2-4-8-11)20-18-21(15)12-9-5-6-10-13(12)24-18/h2-10,16,22H,1H3,(H,19,23). The summed E-state index contributed by atoms with van der Waals surface area (Å²) in [6.45, 7) is 0. The Morgan fingerprint density at radius 3 is 2.62 bits per heavy atom. The number of fused-ring (bicyclic) bond motifs is 3. The van der Waals surface area contributed by atoms with Gasteiger partial charge >= 0.3 is 0 Å². The zero-order valence-corrected chi connectivity index (χ0v) is 13.7. The normalized spacial score (nSPS) is 12.6. The van der Waals surface area contributed by atoms with Gasteiger partial charge in [-0.3, -0.25) is 9.20 Å². The molecule has 120 valence electrons. The second-order valence-corrected chi connectivity index (χ2v) is 6.43. The van der Waals surface area contributed by atoms with Crippen LogP contribution in [0.1, 0.15) is 11.8 Å². The van der Waals surface area contributed by atoms with Gasteiger partial charge in [0, 0.05) is 12.6 Å². The molecule has 2 aromatic carbocycles. The number of aromatic nitrogens is 2. The fourth-order valence-corrected chi connectivity index (χ4v) is 3.89. The third-order valence-electron chi connectivity index (χ3n) is 3.99. The maximum Gasteiger partial charge on any atom is 0.254 e. The van der Waals surface area contributed by atoms with E-state index in [4.69, 9.17) is 4.98 Å². The summed E-state index contributed by atoms with van der Waals surface area (Å²) < 4.78 is 2.94. The van der Waals surface area contributed by atoms with E-state index in [0.29, 0.717) is 11.4 Å². The zero-order chi connectivity index (χ0) is 16.7. The van der Waals surface area contributed by atoms with Gasteiger partial charge in [0.05, 0.1) is 21.6 Å². The second-order valence-electron chi connectivity index (χ2n) is 5.42. The molecule has 0 saturated heterocycles. The lowest BCUT2D eigenvalue weighted by molar-refractivity contribution is -0.129. The Morgan fingerprint density at radius 2 is 1.88 bits per heavy atom. The molecule has 2 heterocycles. The number of amides is 1. The number of carbonyl (C=O) groups is 1. The van der Waals surface area contributed by atoms with Crippen molar-refractivity contribution < 1.29 is 9.90 Å². The lowest BCUT2D eigenvalue weighted by Gasteiger charge is -2.11. The van der Waals surface area contributed by atoms with Gasteiger partial charge in [0.25, 0.3) is 5.91 Å². The molecule has 5 nitrogen and oxygen atoms in total. The van der Waals surface area contributed by atoms with E-state index in [0.717, 1.165) is 20.7 Å². The number of rotatable bonds is 3. The van der Waals surface area contributed by atoms with Crippen molar-refractivity contribution in [1.29, 1.82) is 0 Å². The molecule has 0 aliphatic rings. The number of hydrogen-bond acceptors (Lipinski definition) is 4. The summed E-state index contributed by atoms with van der Waals surface area (Å²) in [4.78, 5) is 17.6. The quantitative estimate of drug-likeness (QED) is 0.604. The number of carbonyl (C=O) groups excluding carboxylic acids is 1. The highest BCUT2D eigenvalue weighted by atomic mass is 32.1. The predicted octanol–water partition coefficient (Wildman–Crippen LogP) is 3.00. The van der Waals surface area contributed by atoms with E-state index in [1.807, 2.05) is 59.0 Å². The summed E-state index contributed by atoms with van der Waals surface area (Å²) in [5.74, 6) is -0.454. The minimum absolute atomic E-state index is 0.454. The summed E-state index contributed by atoms with van der Waals surface area (Å²) in [7, 11) is 1.51. The number of thiazole rings is 1. The van der Waals surface area contributed by atoms with Crippen molar-refractivity contribution in [3.05, 3.63) is 60.3 Å². The molecule has 0 radical (unpaired) electrons. The Morgan fingerprint density at radius 1 is 1.17 bits per heavy atom.